The second kappa shape index (κ2) is 9.28. The van der Waals surface area contributed by atoms with E-state index in [1.165, 1.54) is 11.3 Å². The number of piperazine rings is 1. The van der Waals surface area contributed by atoms with E-state index in [2.05, 4.69) is 10.3 Å². The molecule has 34 heavy (non-hydrogen) atoms. The van der Waals surface area contributed by atoms with Crippen LogP contribution in [0.4, 0.5) is 5.13 Å². The Morgan fingerprint density at radius 3 is 2.47 bits per heavy atom. The minimum Gasteiger partial charge on any atom is -0.375 e. The van der Waals surface area contributed by atoms with Crippen molar-refractivity contribution >= 4 is 22.4 Å². The SMILES string of the molecule is Cc1ccccc1-n1c(-c2ccccc2)c(C(=O)N2CCNCC2)n(Cc2csc(N)n2)c1=O. The van der Waals surface area contributed by atoms with Crippen molar-refractivity contribution in [3.05, 3.63) is 87.4 Å². The number of rotatable bonds is 5. The van der Waals surface area contributed by atoms with Crippen molar-refractivity contribution in [3.8, 4) is 16.9 Å². The molecule has 2 aromatic carbocycles. The Morgan fingerprint density at radius 1 is 1.09 bits per heavy atom. The summed E-state index contributed by atoms with van der Waals surface area (Å²) in [6.07, 6.45) is 0. The van der Waals surface area contributed by atoms with Crippen LogP contribution in [0.5, 0.6) is 0 Å². The van der Waals surface area contributed by atoms with Crippen LogP contribution in [0.3, 0.4) is 0 Å². The number of imidazole rings is 1. The number of anilines is 1. The number of carbonyl (C=O) groups is 1. The summed E-state index contributed by atoms with van der Waals surface area (Å²) < 4.78 is 3.21. The van der Waals surface area contributed by atoms with Crippen molar-refractivity contribution in [2.45, 2.75) is 13.5 Å². The topological polar surface area (TPSA) is 98.2 Å². The van der Waals surface area contributed by atoms with Gasteiger partial charge in [0.2, 0.25) is 0 Å². The van der Waals surface area contributed by atoms with Gasteiger partial charge < -0.3 is 16.0 Å². The molecule has 1 aliphatic heterocycles. The largest absolute Gasteiger partial charge is 0.375 e. The second-order valence-electron chi connectivity index (χ2n) is 8.27. The number of benzene rings is 2. The van der Waals surface area contributed by atoms with Crippen LogP contribution in [0.25, 0.3) is 16.9 Å². The fourth-order valence-electron chi connectivity index (χ4n) is 4.38. The quantitative estimate of drug-likeness (QED) is 0.464. The number of nitrogens with one attached hydrogen (secondary N) is 1. The average molecular weight is 475 g/mol. The molecular weight excluding hydrogens is 448 g/mol. The lowest BCUT2D eigenvalue weighted by molar-refractivity contribution is 0.0725. The summed E-state index contributed by atoms with van der Waals surface area (Å²) in [6.45, 7) is 4.74. The fourth-order valence-corrected chi connectivity index (χ4v) is 4.94. The van der Waals surface area contributed by atoms with Gasteiger partial charge in [-0.1, -0.05) is 48.5 Å². The molecule has 0 bridgehead atoms. The van der Waals surface area contributed by atoms with Gasteiger partial charge in [0, 0.05) is 37.1 Å². The van der Waals surface area contributed by atoms with E-state index in [1.54, 1.807) is 9.13 Å². The van der Waals surface area contributed by atoms with Gasteiger partial charge in [0.05, 0.1) is 23.6 Å². The summed E-state index contributed by atoms with van der Waals surface area (Å²) in [4.78, 5) is 34.2. The standard InChI is InChI=1S/C25H26N6O2S/c1-17-7-5-6-10-20(17)31-21(18-8-3-2-4-9-18)22(23(32)29-13-11-27-12-14-29)30(25(31)33)15-19-16-34-24(26)28-19/h2-10,16,27H,11-15H2,1H3,(H2,26,28). The van der Waals surface area contributed by atoms with Crippen LogP contribution in [0, 0.1) is 6.92 Å². The molecule has 0 atom stereocenters. The highest BCUT2D eigenvalue weighted by Crippen LogP contribution is 2.29. The van der Waals surface area contributed by atoms with Gasteiger partial charge in [-0.05, 0) is 18.6 Å². The lowest BCUT2D eigenvalue weighted by atomic mass is 10.1. The average Bonchev–Trinajstić information content (AvgIpc) is 3.40. The Kier molecular flexibility index (Phi) is 6.04. The molecule has 0 radical (unpaired) electrons. The van der Waals surface area contributed by atoms with Gasteiger partial charge in [-0.25, -0.2) is 9.78 Å². The number of nitrogens with two attached hydrogens (primary N) is 1. The lowest BCUT2D eigenvalue weighted by Gasteiger charge is -2.28. The molecule has 1 fully saturated rings. The smallest absolute Gasteiger partial charge is 0.334 e. The lowest BCUT2D eigenvalue weighted by Crippen LogP contribution is -2.47. The van der Waals surface area contributed by atoms with E-state index in [0.717, 1.165) is 29.9 Å². The molecule has 1 aliphatic rings. The van der Waals surface area contributed by atoms with Crippen LogP contribution < -0.4 is 16.7 Å². The zero-order chi connectivity index (χ0) is 23.7. The van der Waals surface area contributed by atoms with Gasteiger partial charge in [0.15, 0.2) is 5.13 Å². The predicted molar refractivity (Wildman–Crippen MR) is 135 cm³/mol. The van der Waals surface area contributed by atoms with E-state index in [0.29, 0.717) is 35.3 Å². The molecule has 2 aromatic heterocycles. The third-order valence-corrected chi connectivity index (χ3v) is 6.76. The second-order valence-corrected chi connectivity index (χ2v) is 9.16. The third-order valence-electron chi connectivity index (χ3n) is 6.04. The molecule has 4 aromatic rings. The van der Waals surface area contributed by atoms with Crippen LogP contribution in [-0.4, -0.2) is 51.1 Å². The van der Waals surface area contributed by atoms with E-state index in [-0.39, 0.29) is 18.1 Å². The Morgan fingerprint density at radius 2 is 1.79 bits per heavy atom. The van der Waals surface area contributed by atoms with Crippen molar-refractivity contribution in [2.24, 2.45) is 0 Å². The summed E-state index contributed by atoms with van der Waals surface area (Å²) >= 11 is 1.32. The first-order valence-corrected chi connectivity index (χ1v) is 12.1. The first-order valence-electron chi connectivity index (χ1n) is 11.2. The molecule has 1 amide bonds. The van der Waals surface area contributed by atoms with E-state index in [1.807, 2.05) is 71.8 Å². The number of hydrogen-bond donors (Lipinski definition) is 2. The molecule has 8 nitrogen and oxygen atoms in total. The fraction of sp³-hybridized carbons (Fsp3) is 0.240. The van der Waals surface area contributed by atoms with Gasteiger partial charge in [-0.3, -0.25) is 13.9 Å². The van der Waals surface area contributed by atoms with Crippen LogP contribution in [-0.2, 0) is 6.54 Å². The molecule has 9 heteroatoms. The summed E-state index contributed by atoms with van der Waals surface area (Å²) in [5.41, 5.74) is 9.68. The highest BCUT2D eigenvalue weighted by atomic mass is 32.1. The van der Waals surface area contributed by atoms with Crippen LogP contribution in [0.2, 0.25) is 0 Å². The Bertz CT molecular complexity index is 1380. The number of nitrogens with zero attached hydrogens (tertiary/aromatic N) is 4. The van der Waals surface area contributed by atoms with Crippen molar-refractivity contribution in [1.82, 2.24) is 24.3 Å². The molecule has 0 aliphatic carbocycles. The van der Waals surface area contributed by atoms with Crippen molar-refractivity contribution in [1.29, 1.82) is 0 Å². The normalized spacial score (nSPS) is 13.9. The molecule has 1 saturated heterocycles. The number of para-hydroxylation sites is 1. The van der Waals surface area contributed by atoms with Crippen molar-refractivity contribution in [3.63, 3.8) is 0 Å². The third kappa shape index (κ3) is 4.04. The summed E-state index contributed by atoms with van der Waals surface area (Å²) in [7, 11) is 0. The van der Waals surface area contributed by atoms with E-state index in [9.17, 15) is 9.59 Å². The predicted octanol–water partition coefficient (Wildman–Crippen LogP) is 2.75. The zero-order valence-electron chi connectivity index (χ0n) is 18.9. The number of aryl methyl sites for hydroxylation is 1. The molecule has 0 spiro atoms. The number of carbonyl (C=O) groups excluding carboxylic acids is 1. The molecule has 174 valence electrons. The maximum absolute atomic E-state index is 14.0. The highest BCUT2D eigenvalue weighted by molar-refractivity contribution is 7.13. The summed E-state index contributed by atoms with van der Waals surface area (Å²) in [6, 6.07) is 17.3. The minimum atomic E-state index is -0.279. The van der Waals surface area contributed by atoms with E-state index < -0.39 is 0 Å². The molecule has 3 N–H and O–H groups in total. The maximum Gasteiger partial charge on any atom is 0.334 e. The number of aromatic nitrogens is 3. The van der Waals surface area contributed by atoms with Crippen molar-refractivity contribution in [2.75, 3.05) is 31.9 Å². The molecule has 0 unspecified atom stereocenters. The van der Waals surface area contributed by atoms with E-state index >= 15 is 0 Å². The molecule has 3 heterocycles. The number of amides is 1. The number of hydrogen-bond acceptors (Lipinski definition) is 6. The minimum absolute atomic E-state index is 0.159. The van der Waals surface area contributed by atoms with Gasteiger partial charge in [-0.15, -0.1) is 11.3 Å². The molecule has 0 saturated carbocycles. The first-order chi connectivity index (χ1) is 16.5. The van der Waals surface area contributed by atoms with Gasteiger partial charge in [0.25, 0.3) is 5.91 Å². The number of nitrogen functional groups attached to an aromatic ring is 1. The number of thiazole rings is 1. The van der Waals surface area contributed by atoms with E-state index in [4.69, 9.17) is 5.73 Å². The monoisotopic (exact) mass is 474 g/mol. The van der Waals surface area contributed by atoms with Crippen molar-refractivity contribution < 1.29 is 4.79 Å². The van der Waals surface area contributed by atoms with Gasteiger partial charge in [0.1, 0.15) is 5.69 Å². The first kappa shape index (κ1) is 22.1. The van der Waals surface area contributed by atoms with Crippen LogP contribution in [0.15, 0.2) is 64.8 Å². The van der Waals surface area contributed by atoms with Crippen LogP contribution in [0.1, 0.15) is 21.7 Å². The Balaban J connectivity index is 1.80. The summed E-state index contributed by atoms with van der Waals surface area (Å²) in [5, 5.41) is 5.54. The molecule has 5 rings (SSSR count). The van der Waals surface area contributed by atoms with Gasteiger partial charge in [-0.2, -0.15) is 0 Å². The molecular formula is C25H26N6O2S. The van der Waals surface area contributed by atoms with Gasteiger partial charge >= 0.3 is 5.69 Å². The highest BCUT2D eigenvalue weighted by Gasteiger charge is 2.31. The Hall–Kier alpha value is -3.69. The summed E-state index contributed by atoms with van der Waals surface area (Å²) in [5.74, 6) is -0.159. The Labute approximate surface area is 201 Å². The maximum atomic E-state index is 14.0. The zero-order valence-corrected chi connectivity index (χ0v) is 19.7. The van der Waals surface area contributed by atoms with Crippen LogP contribution >= 0.6 is 11.3 Å².